The van der Waals surface area contributed by atoms with Crippen LogP contribution in [0.25, 0.3) is 0 Å². The first-order valence-corrected chi connectivity index (χ1v) is 5.82. The minimum atomic E-state index is 0.764. The molecule has 0 amide bonds. The van der Waals surface area contributed by atoms with Crippen molar-refractivity contribution in [2.24, 2.45) is 5.92 Å². The Balaban J connectivity index is 1.65. The Morgan fingerprint density at radius 1 is 1.60 bits per heavy atom. The van der Waals surface area contributed by atoms with Crippen molar-refractivity contribution in [1.82, 2.24) is 15.1 Å². The van der Waals surface area contributed by atoms with Crippen LogP contribution in [0, 0.1) is 5.92 Å². The van der Waals surface area contributed by atoms with E-state index >= 15 is 0 Å². The lowest BCUT2D eigenvalue weighted by Gasteiger charge is -2.30. The van der Waals surface area contributed by atoms with E-state index in [1.165, 1.54) is 32.3 Å². The Morgan fingerprint density at radius 2 is 2.53 bits per heavy atom. The van der Waals surface area contributed by atoms with E-state index in [1.807, 2.05) is 0 Å². The van der Waals surface area contributed by atoms with Crippen LogP contribution >= 0.6 is 0 Å². The van der Waals surface area contributed by atoms with Crippen LogP contribution in [0.5, 0.6) is 0 Å². The summed E-state index contributed by atoms with van der Waals surface area (Å²) >= 11 is 0. The molecule has 1 aliphatic rings. The largest absolute Gasteiger partial charge is 0.428 e. The molecule has 0 spiro atoms. The Labute approximate surface area is 90.7 Å². The van der Waals surface area contributed by atoms with Gasteiger partial charge in [0.25, 0.3) is 0 Å². The highest BCUT2D eigenvalue weighted by atomic mass is 16.4. The highest BCUT2D eigenvalue weighted by Crippen LogP contribution is 2.15. The molecule has 1 fully saturated rings. The Bertz CT molecular complexity index is 273. The molecule has 0 radical (unpaired) electrons. The zero-order valence-corrected chi connectivity index (χ0v) is 9.35. The highest BCUT2D eigenvalue weighted by molar-refractivity contribution is 4.75. The van der Waals surface area contributed by atoms with Gasteiger partial charge in [0.05, 0.1) is 0 Å². The number of likely N-dealkylation sites (tertiary alicyclic amines) is 1. The fourth-order valence-corrected chi connectivity index (χ4v) is 2.25. The number of piperidine rings is 1. The lowest BCUT2D eigenvalue weighted by molar-refractivity contribution is 0.181. The molecule has 0 bridgehead atoms. The summed E-state index contributed by atoms with van der Waals surface area (Å²) in [4.78, 5) is 2.55. The maximum atomic E-state index is 5.10. The Kier molecular flexibility index (Phi) is 3.72. The van der Waals surface area contributed by atoms with E-state index in [0.29, 0.717) is 0 Å². The summed E-state index contributed by atoms with van der Waals surface area (Å²) in [6.07, 6.45) is 6.17. The quantitative estimate of drug-likeness (QED) is 0.757. The average molecular weight is 209 g/mol. The van der Waals surface area contributed by atoms with Gasteiger partial charge in [-0.2, -0.15) is 0 Å². The molecule has 1 aromatic heterocycles. The minimum absolute atomic E-state index is 0.764. The molecule has 0 aliphatic carbocycles. The van der Waals surface area contributed by atoms with Crippen molar-refractivity contribution in [3.8, 4) is 0 Å². The molecule has 1 aliphatic heterocycles. The second-order valence-corrected chi connectivity index (χ2v) is 4.48. The van der Waals surface area contributed by atoms with E-state index in [2.05, 4.69) is 22.0 Å². The third-order valence-corrected chi connectivity index (χ3v) is 3.01. The molecule has 0 N–H and O–H groups in total. The highest BCUT2D eigenvalue weighted by Gasteiger charge is 2.15. The zero-order valence-electron chi connectivity index (χ0n) is 9.35. The fraction of sp³-hybridized carbons (Fsp3) is 0.818. The van der Waals surface area contributed by atoms with Crippen molar-refractivity contribution in [1.29, 1.82) is 0 Å². The molecule has 2 rings (SSSR count). The smallest absolute Gasteiger partial charge is 0.216 e. The van der Waals surface area contributed by atoms with Crippen LogP contribution < -0.4 is 0 Å². The van der Waals surface area contributed by atoms with Crippen LogP contribution in [0.1, 0.15) is 32.1 Å². The van der Waals surface area contributed by atoms with Crippen LogP contribution in [0.15, 0.2) is 10.8 Å². The van der Waals surface area contributed by atoms with Crippen molar-refractivity contribution in [3.05, 3.63) is 12.3 Å². The third kappa shape index (κ3) is 3.30. The lowest BCUT2D eigenvalue weighted by atomic mass is 10.0. The fourth-order valence-electron chi connectivity index (χ4n) is 2.25. The topological polar surface area (TPSA) is 42.2 Å². The zero-order chi connectivity index (χ0) is 10.5. The van der Waals surface area contributed by atoms with E-state index in [1.54, 1.807) is 0 Å². The standard InChI is InChI=1S/C11H19N3O/c1-10-4-2-6-14(8-10)7-3-5-11-13-12-9-15-11/h9-10H,2-8H2,1H3. The third-order valence-electron chi connectivity index (χ3n) is 3.01. The van der Waals surface area contributed by atoms with Crippen LogP contribution in [0.2, 0.25) is 0 Å². The maximum Gasteiger partial charge on any atom is 0.216 e. The van der Waals surface area contributed by atoms with E-state index in [9.17, 15) is 0 Å². The summed E-state index contributed by atoms with van der Waals surface area (Å²) in [7, 11) is 0. The van der Waals surface area contributed by atoms with Gasteiger partial charge in [-0.1, -0.05) is 6.92 Å². The lowest BCUT2D eigenvalue weighted by Crippen LogP contribution is -2.35. The SMILES string of the molecule is CC1CCCN(CCCc2nnco2)C1. The van der Waals surface area contributed by atoms with E-state index in [4.69, 9.17) is 4.42 Å². The molecule has 84 valence electrons. The summed E-state index contributed by atoms with van der Waals surface area (Å²) in [6.45, 7) is 6.01. The van der Waals surface area contributed by atoms with Gasteiger partial charge in [0.1, 0.15) is 0 Å². The van der Waals surface area contributed by atoms with Gasteiger partial charge in [0.2, 0.25) is 12.3 Å². The molecule has 1 atom stereocenters. The van der Waals surface area contributed by atoms with Crippen LogP contribution in [-0.4, -0.2) is 34.7 Å². The first-order valence-electron chi connectivity index (χ1n) is 5.82. The average Bonchev–Trinajstić information content (AvgIpc) is 2.71. The van der Waals surface area contributed by atoms with Gasteiger partial charge in [-0.3, -0.25) is 0 Å². The number of hydrogen-bond donors (Lipinski definition) is 0. The van der Waals surface area contributed by atoms with Gasteiger partial charge in [0, 0.05) is 13.0 Å². The van der Waals surface area contributed by atoms with Gasteiger partial charge in [-0.15, -0.1) is 10.2 Å². The summed E-state index contributed by atoms with van der Waals surface area (Å²) in [5.41, 5.74) is 0. The van der Waals surface area contributed by atoms with Gasteiger partial charge >= 0.3 is 0 Å². The predicted octanol–water partition coefficient (Wildman–Crippen LogP) is 1.73. The first kappa shape index (κ1) is 10.6. The number of aryl methyl sites for hydroxylation is 1. The van der Waals surface area contributed by atoms with Crippen LogP contribution in [0.4, 0.5) is 0 Å². The number of rotatable bonds is 4. The van der Waals surface area contributed by atoms with Gasteiger partial charge in [-0.25, -0.2) is 0 Å². The molecule has 1 unspecified atom stereocenters. The summed E-state index contributed by atoms with van der Waals surface area (Å²) in [6, 6.07) is 0. The molecule has 0 aromatic carbocycles. The molecule has 4 heteroatoms. The summed E-state index contributed by atoms with van der Waals surface area (Å²) < 4.78 is 5.10. The summed E-state index contributed by atoms with van der Waals surface area (Å²) in [5.74, 6) is 1.63. The maximum absolute atomic E-state index is 5.10. The molecule has 15 heavy (non-hydrogen) atoms. The molecule has 1 saturated heterocycles. The van der Waals surface area contributed by atoms with Crippen LogP contribution in [-0.2, 0) is 6.42 Å². The number of aromatic nitrogens is 2. The molecule has 4 nitrogen and oxygen atoms in total. The normalized spacial score (nSPS) is 23.1. The molecular formula is C11H19N3O. The van der Waals surface area contributed by atoms with E-state index in [-0.39, 0.29) is 0 Å². The summed E-state index contributed by atoms with van der Waals surface area (Å²) in [5, 5.41) is 7.55. The van der Waals surface area contributed by atoms with Crippen molar-refractivity contribution in [3.63, 3.8) is 0 Å². The van der Waals surface area contributed by atoms with Crippen molar-refractivity contribution < 1.29 is 4.42 Å². The van der Waals surface area contributed by atoms with Crippen LogP contribution in [0.3, 0.4) is 0 Å². The molecular weight excluding hydrogens is 190 g/mol. The first-order chi connectivity index (χ1) is 7.34. The second kappa shape index (κ2) is 5.26. The van der Waals surface area contributed by atoms with E-state index in [0.717, 1.165) is 31.2 Å². The molecule has 1 aromatic rings. The number of hydrogen-bond acceptors (Lipinski definition) is 4. The van der Waals surface area contributed by atoms with Crippen molar-refractivity contribution >= 4 is 0 Å². The van der Waals surface area contributed by atoms with E-state index < -0.39 is 0 Å². The minimum Gasteiger partial charge on any atom is -0.428 e. The number of nitrogens with zero attached hydrogens (tertiary/aromatic N) is 3. The second-order valence-electron chi connectivity index (χ2n) is 4.48. The monoisotopic (exact) mass is 209 g/mol. The van der Waals surface area contributed by atoms with Gasteiger partial charge in [-0.05, 0) is 38.3 Å². The molecule has 2 heterocycles. The Morgan fingerprint density at radius 3 is 3.27 bits per heavy atom. The molecule has 0 saturated carbocycles. The van der Waals surface area contributed by atoms with Gasteiger partial charge in [0.15, 0.2) is 0 Å². The van der Waals surface area contributed by atoms with Crippen molar-refractivity contribution in [2.45, 2.75) is 32.6 Å². The van der Waals surface area contributed by atoms with Gasteiger partial charge < -0.3 is 9.32 Å². The van der Waals surface area contributed by atoms with Crippen molar-refractivity contribution in [2.75, 3.05) is 19.6 Å². The Hall–Kier alpha value is -0.900. The predicted molar refractivity (Wildman–Crippen MR) is 57.5 cm³/mol.